The molecule has 5 atom stereocenters. The number of imidazole rings is 1. The summed E-state index contributed by atoms with van der Waals surface area (Å²) in [6.45, 7) is 8.85. The van der Waals surface area contributed by atoms with E-state index in [0.717, 1.165) is 0 Å². The number of carbonyl (C=O) groups is 2. The van der Waals surface area contributed by atoms with Gasteiger partial charge in [0.25, 0.3) is 11.8 Å². The van der Waals surface area contributed by atoms with Crippen LogP contribution in [0.3, 0.4) is 0 Å². The second kappa shape index (κ2) is 15.8. The summed E-state index contributed by atoms with van der Waals surface area (Å²) in [5.74, 6) is -0.407. The van der Waals surface area contributed by atoms with Crippen LogP contribution in [0, 0.1) is 0 Å². The molecule has 2 aromatic heterocycles. The zero-order valence-electron chi connectivity index (χ0n) is 28.2. The van der Waals surface area contributed by atoms with Crippen molar-refractivity contribution in [3.05, 3.63) is 67.0 Å². The van der Waals surface area contributed by atoms with E-state index in [9.17, 15) is 24.2 Å². The van der Waals surface area contributed by atoms with E-state index in [1.165, 1.54) is 10.9 Å². The van der Waals surface area contributed by atoms with Crippen LogP contribution in [0.2, 0.25) is 18.1 Å². The maximum Gasteiger partial charge on any atom is 0.317 e. The van der Waals surface area contributed by atoms with Gasteiger partial charge >= 0.3 is 8.25 Å². The Morgan fingerprint density at radius 3 is 2.06 bits per heavy atom. The molecule has 1 unspecified atom stereocenters. The SMILES string of the molecule is CC(C)(C)[Si](C)(C)O[C@@H]1[C@H](O[PH](=O)O)[C@@H](CO)O[C@H]1n1cnc2c(NC(=O)COc3ccccc3)nc(NC(=O)COc3ccccc3)nc21. The Bertz CT molecular complexity index is 1810. The minimum Gasteiger partial charge on any atom is -0.484 e. The molecule has 0 spiro atoms. The number of aliphatic hydroxyl groups excluding tert-OH is 1. The lowest BCUT2D eigenvalue weighted by atomic mass is 10.1. The molecule has 268 valence electrons. The number of para-hydroxylation sites is 2. The molecule has 1 saturated heterocycles. The smallest absolute Gasteiger partial charge is 0.317 e. The van der Waals surface area contributed by atoms with Gasteiger partial charge in [0.15, 0.2) is 44.7 Å². The molecule has 0 bridgehead atoms. The molecule has 0 saturated carbocycles. The molecule has 1 aliphatic heterocycles. The molecule has 1 aliphatic rings. The Kier molecular flexibility index (Phi) is 11.7. The van der Waals surface area contributed by atoms with Gasteiger partial charge in [-0.1, -0.05) is 57.2 Å². The number of carbonyl (C=O) groups excluding carboxylic acids is 2. The predicted molar refractivity (Wildman–Crippen MR) is 186 cm³/mol. The summed E-state index contributed by atoms with van der Waals surface area (Å²) >= 11 is 0. The van der Waals surface area contributed by atoms with Gasteiger partial charge in [-0.3, -0.25) is 24.0 Å². The Hall–Kier alpha value is -4.22. The summed E-state index contributed by atoms with van der Waals surface area (Å²) in [4.78, 5) is 49.1. The average Bonchev–Trinajstić information content (AvgIpc) is 3.63. The molecule has 4 aromatic rings. The van der Waals surface area contributed by atoms with Crippen molar-refractivity contribution in [2.45, 2.75) is 63.4 Å². The quantitative estimate of drug-likeness (QED) is 0.108. The van der Waals surface area contributed by atoms with E-state index in [1.54, 1.807) is 48.5 Å². The van der Waals surface area contributed by atoms with Crippen LogP contribution in [0.15, 0.2) is 67.0 Å². The number of fused-ring (bicyclic) bond motifs is 1. The second-order valence-electron chi connectivity index (χ2n) is 13.0. The highest BCUT2D eigenvalue weighted by Gasteiger charge is 2.52. The van der Waals surface area contributed by atoms with Gasteiger partial charge in [-0.2, -0.15) is 9.97 Å². The van der Waals surface area contributed by atoms with E-state index < -0.39 is 59.5 Å². The summed E-state index contributed by atoms with van der Waals surface area (Å²) in [5.41, 5.74) is 0.244. The highest BCUT2D eigenvalue weighted by atomic mass is 31.1. The number of anilines is 2. The van der Waals surface area contributed by atoms with E-state index in [1.807, 2.05) is 46.0 Å². The van der Waals surface area contributed by atoms with E-state index in [-0.39, 0.29) is 41.2 Å². The van der Waals surface area contributed by atoms with Crippen LogP contribution in [0.1, 0.15) is 27.0 Å². The van der Waals surface area contributed by atoms with Crippen molar-refractivity contribution in [3.8, 4) is 11.5 Å². The topological polar surface area (TPSA) is 205 Å². The summed E-state index contributed by atoms with van der Waals surface area (Å²) in [5, 5.41) is 15.2. The molecular weight excluding hydrogens is 687 g/mol. The number of hydrogen-bond acceptors (Lipinski definition) is 12. The summed E-state index contributed by atoms with van der Waals surface area (Å²) in [6.07, 6.45) is -2.85. The normalized spacial score (nSPS) is 20.0. The zero-order valence-corrected chi connectivity index (χ0v) is 30.2. The number of hydrogen-bond donors (Lipinski definition) is 4. The number of aliphatic hydroxyl groups is 1. The van der Waals surface area contributed by atoms with Crippen molar-refractivity contribution in [2.75, 3.05) is 30.5 Å². The lowest BCUT2D eigenvalue weighted by Gasteiger charge is -2.40. The van der Waals surface area contributed by atoms with Crippen LogP contribution >= 0.6 is 8.25 Å². The fourth-order valence-electron chi connectivity index (χ4n) is 4.89. The number of benzene rings is 2. The van der Waals surface area contributed by atoms with Crippen molar-refractivity contribution in [3.63, 3.8) is 0 Å². The Morgan fingerprint density at radius 1 is 0.940 bits per heavy atom. The van der Waals surface area contributed by atoms with E-state index in [0.29, 0.717) is 11.5 Å². The van der Waals surface area contributed by atoms with Gasteiger partial charge in [0.05, 0.1) is 12.9 Å². The Balaban J connectivity index is 1.51. The summed E-state index contributed by atoms with van der Waals surface area (Å²) in [6, 6.07) is 17.5. The Labute approximate surface area is 290 Å². The van der Waals surface area contributed by atoms with Crippen molar-refractivity contribution in [1.82, 2.24) is 19.5 Å². The third kappa shape index (κ3) is 8.92. The fraction of sp³-hybridized carbons (Fsp3) is 0.406. The highest BCUT2D eigenvalue weighted by Crippen LogP contribution is 2.44. The highest BCUT2D eigenvalue weighted by molar-refractivity contribution is 7.32. The van der Waals surface area contributed by atoms with Crippen molar-refractivity contribution in [2.24, 2.45) is 0 Å². The molecule has 18 heteroatoms. The summed E-state index contributed by atoms with van der Waals surface area (Å²) < 4.78 is 42.9. The van der Waals surface area contributed by atoms with Crippen LogP contribution in [0.4, 0.5) is 11.8 Å². The van der Waals surface area contributed by atoms with Crippen molar-refractivity contribution >= 4 is 51.3 Å². The first-order valence-corrected chi connectivity index (χ1v) is 20.0. The minimum absolute atomic E-state index is 0.0403. The van der Waals surface area contributed by atoms with Crippen molar-refractivity contribution < 1.29 is 47.3 Å². The van der Waals surface area contributed by atoms with Gasteiger partial charge in [0.1, 0.15) is 29.8 Å². The number of nitrogens with zero attached hydrogens (tertiary/aromatic N) is 4. The van der Waals surface area contributed by atoms with Gasteiger partial charge in [-0.15, -0.1) is 0 Å². The van der Waals surface area contributed by atoms with Crippen LogP contribution in [-0.2, 0) is 27.8 Å². The molecule has 3 heterocycles. The van der Waals surface area contributed by atoms with Crippen LogP contribution in [0.25, 0.3) is 11.2 Å². The number of ether oxygens (including phenoxy) is 3. The first-order valence-electron chi connectivity index (χ1n) is 15.8. The molecule has 4 N–H and O–H groups in total. The molecule has 50 heavy (non-hydrogen) atoms. The first kappa shape index (κ1) is 37.0. The third-order valence-electron chi connectivity index (χ3n) is 8.37. The van der Waals surface area contributed by atoms with Gasteiger partial charge in [-0.05, 0) is 42.4 Å². The maximum absolute atomic E-state index is 13.0. The molecular formula is C32H41N6O10PSi. The molecule has 5 rings (SSSR count). The molecule has 2 aromatic carbocycles. The largest absolute Gasteiger partial charge is 0.484 e. The number of amides is 2. The number of aromatic nitrogens is 4. The van der Waals surface area contributed by atoms with Gasteiger partial charge in [0.2, 0.25) is 5.95 Å². The third-order valence-corrected chi connectivity index (χ3v) is 13.3. The monoisotopic (exact) mass is 728 g/mol. The lowest BCUT2D eigenvalue weighted by Crippen LogP contribution is -2.49. The lowest BCUT2D eigenvalue weighted by molar-refractivity contribution is -0.118. The standard InChI is InChI=1S/C32H41N6O10PSi/c1-32(2,3)50(4,5)48-27-26(47-49(42)43)22(16-39)46-30(27)38-19-33-25-28(34-23(40)17-44-20-12-8-6-9-13-20)36-31(37-29(25)38)35-24(41)18-45-21-14-10-7-11-15-21/h6-15,19,22,26-27,30,39,49H,16-18H2,1-5H3,(H,42,43)(H2,34,35,36,37,40,41)/t22-,26-,27-,30-/m1/s1. The average molecular weight is 729 g/mol. The molecule has 0 aliphatic carbocycles. The zero-order chi connectivity index (χ0) is 36.1. The number of nitrogens with one attached hydrogen (secondary N) is 2. The van der Waals surface area contributed by atoms with Crippen LogP contribution in [0.5, 0.6) is 11.5 Å². The van der Waals surface area contributed by atoms with Gasteiger partial charge < -0.3 is 38.5 Å². The van der Waals surface area contributed by atoms with E-state index in [4.69, 9.17) is 23.2 Å². The van der Waals surface area contributed by atoms with Crippen LogP contribution < -0.4 is 20.1 Å². The van der Waals surface area contributed by atoms with Gasteiger partial charge in [0, 0.05) is 0 Å². The first-order chi connectivity index (χ1) is 23.8. The molecule has 2 amide bonds. The molecule has 1 fully saturated rings. The second-order valence-corrected chi connectivity index (χ2v) is 18.5. The maximum atomic E-state index is 13.0. The van der Waals surface area contributed by atoms with Crippen molar-refractivity contribution in [1.29, 1.82) is 0 Å². The van der Waals surface area contributed by atoms with E-state index in [2.05, 4.69) is 25.6 Å². The van der Waals surface area contributed by atoms with Gasteiger partial charge in [-0.25, -0.2) is 4.98 Å². The number of rotatable bonds is 14. The fourth-order valence-corrected chi connectivity index (χ4v) is 6.69. The predicted octanol–water partition coefficient (Wildman–Crippen LogP) is 3.91. The minimum atomic E-state index is -3.48. The Morgan fingerprint density at radius 2 is 1.52 bits per heavy atom. The molecule has 16 nitrogen and oxygen atoms in total. The van der Waals surface area contributed by atoms with Crippen LogP contribution in [-0.4, -0.2) is 87.8 Å². The summed E-state index contributed by atoms with van der Waals surface area (Å²) in [7, 11) is -6.07. The molecule has 0 radical (unpaired) electrons. The van der Waals surface area contributed by atoms with E-state index >= 15 is 0 Å².